The molecule has 2 amide bonds. The number of carbonyl (C=O) groups is 2. The van der Waals surface area contributed by atoms with Gasteiger partial charge in [0.2, 0.25) is 11.8 Å². The molecule has 170 valence electrons. The second-order valence-electron chi connectivity index (χ2n) is 8.77. The lowest BCUT2D eigenvalue weighted by atomic mass is 9.76. The monoisotopic (exact) mass is 437 g/mol. The molecule has 2 aromatic carbocycles. The molecule has 0 unspecified atom stereocenters. The average molecular weight is 438 g/mol. The van der Waals surface area contributed by atoms with Gasteiger partial charge in [0.05, 0.1) is 19.8 Å². The highest BCUT2D eigenvalue weighted by Crippen LogP contribution is 2.42. The number of hydrogen-bond donors (Lipinski definition) is 2. The van der Waals surface area contributed by atoms with Crippen LogP contribution in [0.25, 0.3) is 0 Å². The Morgan fingerprint density at radius 2 is 1.91 bits per heavy atom. The van der Waals surface area contributed by atoms with Crippen molar-refractivity contribution in [2.75, 3.05) is 32.6 Å². The normalized spacial score (nSPS) is 23.1. The summed E-state index contributed by atoms with van der Waals surface area (Å²) >= 11 is 0. The lowest BCUT2D eigenvalue weighted by molar-refractivity contribution is -0.125. The summed E-state index contributed by atoms with van der Waals surface area (Å²) in [5.74, 6) is 1.65. The van der Waals surface area contributed by atoms with Crippen molar-refractivity contribution in [3.8, 4) is 11.5 Å². The Balaban J connectivity index is 1.58. The molecule has 0 aliphatic carbocycles. The van der Waals surface area contributed by atoms with Gasteiger partial charge in [-0.2, -0.15) is 0 Å². The molecule has 4 rings (SSSR count). The van der Waals surface area contributed by atoms with Crippen LogP contribution in [-0.4, -0.2) is 49.6 Å². The predicted octanol–water partition coefficient (Wildman–Crippen LogP) is 3.30. The number of rotatable bonds is 6. The Morgan fingerprint density at radius 3 is 2.56 bits per heavy atom. The van der Waals surface area contributed by atoms with Crippen molar-refractivity contribution in [1.29, 1.82) is 0 Å². The van der Waals surface area contributed by atoms with E-state index in [9.17, 15) is 9.59 Å². The third kappa shape index (κ3) is 4.58. The maximum absolute atomic E-state index is 12.4. The molecule has 2 aliphatic rings. The van der Waals surface area contributed by atoms with Crippen LogP contribution in [0.1, 0.15) is 43.2 Å². The van der Waals surface area contributed by atoms with Crippen molar-refractivity contribution in [2.24, 2.45) is 0 Å². The van der Waals surface area contributed by atoms with Crippen LogP contribution in [0.5, 0.6) is 11.5 Å². The molecule has 0 radical (unpaired) electrons. The number of methoxy groups -OCH3 is 2. The number of ether oxygens (including phenoxy) is 2. The molecule has 2 aromatic rings. The van der Waals surface area contributed by atoms with Crippen molar-refractivity contribution < 1.29 is 19.1 Å². The van der Waals surface area contributed by atoms with E-state index < -0.39 is 0 Å². The fourth-order valence-corrected chi connectivity index (χ4v) is 5.14. The van der Waals surface area contributed by atoms with E-state index in [1.54, 1.807) is 14.2 Å². The van der Waals surface area contributed by atoms with E-state index in [4.69, 9.17) is 9.47 Å². The first-order valence-corrected chi connectivity index (χ1v) is 11.0. The maximum atomic E-state index is 12.4. The molecule has 2 saturated heterocycles. The minimum atomic E-state index is -0.276. The van der Waals surface area contributed by atoms with E-state index in [-0.39, 0.29) is 23.3 Å². The predicted molar refractivity (Wildman–Crippen MR) is 123 cm³/mol. The van der Waals surface area contributed by atoms with E-state index in [2.05, 4.69) is 33.7 Å². The Bertz CT molecular complexity index is 991. The van der Waals surface area contributed by atoms with Gasteiger partial charge in [0.25, 0.3) is 0 Å². The molecule has 7 nitrogen and oxygen atoms in total. The minimum absolute atomic E-state index is 0.0873. The Hall–Kier alpha value is -3.06. The zero-order chi connectivity index (χ0) is 22.7. The lowest BCUT2D eigenvalue weighted by Crippen LogP contribution is -2.56. The van der Waals surface area contributed by atoms with Crippen molar-refractivity contribution in [3.05, 3.63) is 53.6 Å². The molecule has 2 N–H and O–H groups in total. The topological polar surface area (TPSA) is 79.9 Å². The molecule has 0 saturated carbocycles. The van der Waals surface area contributed by atoms with Gasteiger partial charge in [0.15, 0.2) is 11.5 Å². The third-order valence-electron chi connectivity index (χ3n) is 6.52. The van der Waals surface area contributed by atoms with Gasteiger partial charge in [-0.25, -0.2) is 0 Å². The van der Waals surface area contributed by atoms with E-state index >= 15 is 0 Å². The summed E-state index contributed by atoms with van der Waals surface area (Å²) in [5.41, 5.74) is 2.82. The highest BCUT2D eigenvalue weighted by molar-refractivity contribution is 5.88. The highest BCUT2D eigenvalue weighted by atomic mass is 16.5. The first kappa shape index (κ1) is 22.1. The van der Waals surface area contributed by atoms with Crippen LogP contribution < -0.4 is 20.1 Å². The first-order chi connectivity index (χ1) is 15.4. The molecule has 1 spiro atoms. The van der Waals surface area contributed by atoms with Gasteiger partial charge in [-0.15, -0.1) is 0 Å². The van der Waals surface area contributed by atoms with Crippen LogP contribution in [0, 0.1) is 0 Å². The summed E-state index contributed by atoms with van der Waals surface area (Å²) in [7, 11) is 3.28. The Kier molecular flexibility index (Phi) is 6.37. The van der Waals surface area contributed by atoms with E-state index in [0.717, 1.165) is 49.5 Å². The largest absolute Gasteiger partial charge is 0.493 e. The second-order valence-corrected chi connectivity index (χ2v) is 8.77. The molecule has 0 bridgehead atoms. The van der Waals surface area contributed by atoms with Gasteiger partial charge in [0, 0.05) is 44.6 Å². The Morgan fingerprint density at radius 1 is 1.16 bits per heavy atom. The second kappa shape index (κ2) is 9.20. The van der Waals surface area contributed by atoms with E-state index in [0.29, 0.717) is 12.2 Å². The van der Waals surface area contributed by atoms with E-state index in [1.807, 2.05) is 24.3 Å². The average Bonchev–Trinajstić information content (AvgIpc) is 3.10. The van der Waals surface area contributed by atoms with Gasteiger partial charge in [-0.1, -0.05) is 18.2 Å². The van der Waals surface area contributed by atoms with Crippen molar-refractivity contribution >= 4 is 17.5 Å². The van der Waals surface area contributed by atoms with Crippen molar-refractivity contribution in [2.45, 2.75) is 44.2 Å². The fraction of sp³-hybridized carbons (Fsp3) is 0.440. The van der Waals surface area contributed by atoms with Gasteiger partial charge in [-0.05, 0) is 48.2 Å². The Labute approximate surface area is 189 Å². The van der Waals surface area contributed by atoms with Crippen molar-refractivity contribution in [1.82, 2.24) is 10.2 Å². The maximum Gasteiger partial charge on any atom is 0.221 e. The zero-order valence-corrected chi connectivity index (χ0v) is 18.9. The van der Waals surface area contributed by atoms with Gasteiger partial charge < -0.3 is 20.1 Å². The summed E-state index contributed by atoms with van der Waals surface area (Å²) in [4.78, 5) is 26.1. The number of likely N-dealkylation sites (tertiary alicyclic amines) is 1. The van der Waals surface area contributed by atoms with Crippen LogP contribution in [0.3, 0.4) is 0 Å². The molecule has 2 atom stereocenters. The molecular formula is C25H31N3O4. The van der Waals surface area contributed by atoms with Crippen LogP contribution in [0.2, 0.25) is 0 Å². The highest BCUT2D eigenvalue weighted by Gasteiger charge is 2.49. The van der Waals surface area contributed by atoms with Crippen LogP contribution in [0.4, 0.5) is 5.69 Å². The number of nitrogens with zero attached hydrogens (tertiary/aromatic N) is 1. The summed E-state index contributed by atoms with van der Waals surface area (Å²) < 4.78 is 10.8. The molecule has 2 heterocycles. The molecular weight excluding hydrogens is 406 g/mol. The van der Waals surface area contributed by atoms with Gasteiger partial charge >= 0.3 is 0 Å². The molecule has 32 heavy (non-hydrogen) atoms. The smallest absolute Gasteiger partial charge is 0.221 e. The number of carbonyl (C=O) groups excluding carboxylic acids is 2. The van der Waals surface area contributed by atoms with Crippen LogP contribution in [-0.2, 0) is 16.1 Å². The van der Waals surface area contributed by atoms with Gasteiger partial charge in [-0.3, -0.25) is 14.5 Å². The summed E-state index contributed by atoms with van der Waals surface area (Å²) in [5, 5.41) is 6.17. The minimum Gasteiger partial charge on any atom is -0.493 e. The first-order valence-electron chi connectivity index (χ1n) is 11.0. The number of amides is 2. The number of nitrogens with one attached hydrogen (secondary N) is 2. The SMILES string of the molecule is COc1ccc(CN2C[C@@H](c3ccc(NC(C)=O)cc3)[C@@]3(CCCC(=O)N3)C2)cc1OC. The number of benzene rings is 2. The van der Waals surface area contributed by atoms with Crippen molar-refractivity contribution in [3.63, 3.8) is 0 Å². The standard InChI is InChI=1S/C25H31N3O4/c1-17(29)26-20-9-7-19(8-10-20)21-15-28(16-25(21)12-4-5-24(30)27-25)14-18-6-11-22(31-2)23(13-18)32-3/h6-11,13,21H,4-5,12,14-16H2,1-3H3,(H,26,29)(H,27,30)/t21-,25+/m0/s1. The fourth-order valence-electron chi connectivity index (χ4n) is 5.14. The van der Waals surface area contributed by atoms with Gasteiger partial charge in [0.1, 0.15) is 0 Å². The number of hydrogen-bond acceptors (Lipinski definition) is 5. The molecule has 7 heteroatoms. The van der Waals surface area contributed by atoms with Crippen LogP contribution >= 0.6 is 0 Å². The summed E-state index contributed by atoms with van der Waals surface area (Å²) in [6.07, 6.45) is 2.45. The molecule has 2 fully saturated rings. The lowest BCUT2D eigenvalue weighted by Gasteiger charge is -2.39. The summed E-state index contributed by atoms with van der Waals surface area (Å²) in [6.45, 7) is 3.90. The third-order valence-corrected chi connectivity index (χ3v) is 6.52. The number of anilines is 1. The molecule has 0 aromatic heterocycles. The quantitative estimate of drug-likeness (QED) is 0.725. The zero-order valence-electron chi connectivity index (χ0n) is 18.9. The molecule has 2 aliphatic heterocycles. The van der Waals surface area contributed by atoms with Crippen LogP contribution in [0.15, 0.2) is 42.5 Å². The number of piperidine rings is 1. The summed E-state index contributed by atoms with van der Waals surface area (Å²) in [6, 6.07) is 14.0. The van der Waals surface area contributed by atoms with E-state index in [1.165, 1.54) is 12.5 Å².